The van der Waals surface area contributed by atoms with Gasteiger partial charge in [0.2, 0.25) is 5.88 Å². The number of aliphatic imine (C=N–C) groups is 1. The molecule has 0 bridgehead atoms. The molecule has 8 heteroatoms. The molecule has 6 nitrogen and oxygen atoms in total. The average molecular weight is 389 g/mol. The number of nitrogens with zero attached hydrogens (tertiary/aromatic N) is 4. The molecule has 0 amide bonds. The summed E-state index contributed by atoms with van der Waals surface area (Å²) in [5, 5.41) is 20.7. The Hall–Kier alpha value is -2.24. The summed E-state index contributed by atoms with van der Waals surface area (Å²) in [4.78, 5) is 18.6. The monoisotopic (exact) mass is 388 g/mol. The first-order valence-electron chi connectivity index (χ1n) is 8.61. The first kappa shape index (κ1) is 18.5. The summed E-state index contributed by atoms with van der Waals surface area (Å²) in [6.45, 7) is 6.23. The third-order valence-corrected chi connectivity index (χ3v) is 6.30. The molecule has 0 aliphatic heterocycles. The van der Waals surface area contributed by atoms with Crippen molar-refractivity contribution in [3.05, 3.63) is 36.7 Å². The minimum atomic E-state index is -0.358. The van der Waals surface area contributed by atoms with E-state index in [9.17, 15) is 15.2 Å². The fourth-order valence-corrected chi connectivity index (χ4v) is 5.05. The SMILES string of the molecule is CCn1c(O)c(C(C)=Nc2sc3c(c2C#N)CCC3)c(=O)n(CC)c1=S. The number of hydrogen-bond acceptors (Lipinski definition) is 6. The van der Waals surface area contributed by atoms with Gasteiger partial charge in [0.25, 0.3) is 5.56 Å². The number of fused-ring (bicyclic) bond motifs is 1. The van der Waals surface area contributed by atoms with Gasteiger partial charge in [-0.3, -0.25) is 13.9 Å². The molecule has 0 atom stereocenters. The number of rotatable bonds is 4. The molecule has 2 aromatic rings. The molecular weight excluding hydrogens is 368 g/mol. The number of aromatic hydroxyl groups is 1. The van der Waals surface area contributed by atoms with Gasteiger partial charge in [-0.25, -0.2) is 4.99 Å². The van der Waals surface area contributed by atoms with Gasteiger partial charge in [0.05, 0.1) is 11.3 Å². The Kier molecular flexibility index (Phi) is 5.12. The maximum atomic E-state index is 12.8. The standard InChI is InChI=1S/C18H20N4O2S2/c1-4-21-16(23)14(17(24)22(5-2)18(21)25)10(3)20-15-12(9-19)11-7-6-8-13(11)26-15/h23H,4-8H2,1-3H3. The fraction of sp³-hybridized carbons (Fsp3) is 0.444. The van der Waals surface area contributed by atoms with Crippen LogP contribution in [0.4, 0.5) is 5.00 Å². The zero-order valence-corrected chi connectivity index (χ0v) is 16.6. The summed E-state index contributed by atoms with van der Waals surface area (Å²) in [5.74, 6) is -0.170. The molecule has 1 aliphatic rings. The van der Waals surface area contributed by atoms with E-state index in [1.54, 1.807) is 6.92 Å². The van der Waals surface area contributed by atoms with Crippen LogP contribution in [0.1, 0.15) is 48.8 Å². The number of hydrogen-bond donors (Lipinski definition) is 1. The molecule has 2 heterocycles. The van der Waals surface area contributed by atoms with Gasteiger partial charge >= 0.3 is 0 Å². The molecule has 0 saturated heterocycles. The molecule has 3 rings (SSSR count). The van der Waals surface area contributed by atoms with E-state index in [0.29, 0.717) is 34.1 Å². The molecule has 0 radical (unpaired) electrons. The number of aromatic nitrogens is 2. The maximum absolute atomic E-state index is 12.8. The molecule has 26 heavy (non-hydrogen) atoms. The topological polar surface area (TPSA) is 83.3 Å². The number of aryl methyl sites for hydroxylation is 1. The quantitative estimate of drug-likeness (QED) is 0.640. The molecule has 0 spiro atoms. The second-order valence-corrected chi connectivity index (χ2v) is 7.57. The highest BCUT2D eigenvalue weighted by Gasteiger charge is 2.23. The van der Waals surface area contributed by atoms with Crippen molar-refractivity contribution in [2.45, 2.75) is 53.1 Å². The highest BCUT2D eigenvalue weighted by molar-refractivity contribution is 7.71. The number of nitriles is 1. The van der Waals surface area contributed by atoms with Gasteiger partial charge in [0.1, 0.15) is 16.6 Å². The molecule has 136 valence electrons. The lowest BCUT2D eigenvalue weighted by molar-refractivity contribution is 0.399. The van der Waals surface area contributed by atoms with Crippen LogP contribution in [-0.4, -0.2) is 20.0 Å². The third kappa shape index (κ3) is 2.81. The maximum Gasteiger partial charge on any atom is 0.267 e. The second kappa shape index (κ2) is 7.17. The average Bonchev–Trinajstić information content (AvgIpc) is 3.16. The van der Waals surface area contributed by atoms with Gasteiger partial charge < -0.3 is 5.11 Å². The Morgan fingerprint density at radius 1 is 1.35 bits per heavy atom. The van der Waals surface area contributed by atoms with E-state index in [2.05, 4.69) is 11.1 Å². The zero-order valence-electron chi connectivity index (χ0n) is 15.0. The van der Waals surface area contributed by atoms with Crippen LogP contribution >= 0.6 is 23.6 Å². The first-order chi connectivity index (χ1) is 12.4. The number of thiophene rings is 1. The Bertz CT molecular complexity index is 1070. The van der Waals surface area contributed by atoms with E-state index < -0.39 is 0 Å². The van der Waals surface area contributed by atoms with E-state index in [1.807, 2.05) is 13.8 Å². The fourth-order valence-electron chi connectivity index (χ4n) is 3.36. The predicted octanol–water partition coefficient (Wildman–Crippen LogP) is 3.69. The second-order valence-electron chi connectivity index (χ2n) is 6.12. The van der Waals surface area contributed by atoms with E-state index in [1.165, 1.54) is 25.3 Å². The van der Waals surface area contributed by atoms with Crippen molar-refractivity contribution in [2.24, 2.45) is 4.99 Å². The molecule has 0 aromatic carbocycles. The van der Waals surface area contributed by atoms with Crippen LogP contribution in [0.2, 0.25) is 0 Å². The first-order valence-corrected chi connectivity index (χ1v) is 9.83. The van der Waals surface area contributed by atoms with Crippen LogP contribution in [0.25, 0.3) is 0 Å². The van der Waals surface area contributed by atoms with Crippen LogP contribution in [0.15, 0.2) is 9.79 Å². The van der Waals surface area contributed by atoms with Crippen LogP contribution in [0.3, 0.4) is 0 Å². The van der Waals surface area contributed by atoms with Gasteiger partial charge in [0.15, 0.2) is 4.77 Å². The van der Waals surface area contributed by atoms with Crippen molar-refractivity contribution in [1.29, 1.82) is 5.26 Å². The smallest absolute Gasteiger partial charge is 0.267 e. The lowest BCUT2D eigenvalue weighted by atomic mass is 10.1. The molecule has 0 unspecified atom stereocenters. The summed E-state index contributed by atoms with van der Waals surface area (Å²) in [6.07, 6.45) is 2.94. The highest BCUT2D eigenvalue weighted by atomic mass is 32.1. The summed E-state index contributed by atoms with van der Waals surface area (Å²) < 4.78 is 3.27. The summed E-state index contributed by atoms with van der Waals surface area (Å²) in [6, 6.07) is 2.25. The van der Waals surface area contributed by atoms with Crippen molar-refractivity contribution in [3.63, 3.8) is 0 Å². The van der Waals surface area contributed by atoms with Crippen LogP contribution in [0, 0.1) is 16.1 Å². The van der Waals surface area contributed by atoms with E-state index in [-0.39, 0.29) is 17.0 Å². The molecule has 2 aromatic heterocycles. The van der Waals surface area contributed by atoms with Crippen molar-refractivity contribution in [1.82, 2.24) is 9.13 Å². The van der Waals surface area contributed by atoms with Crippen molar-refractivity contribution < 1.29 is 5.11 Å². The largest absolute Gasteiger partial charge is 0.494 e. The van der Waals surface area contributed by atoms with Crippen LogP contribution in [0.5, 0.6) is 5.88 Å². The minimum absolute atomic E-state index is 0.139. The zero-order chi connectivity index (χ0) is 19.0. The minimum Gasteiger partial charge on any atom is -0.494 e. The Morgan fingerprint density at radius 2 is 2.04 bits per heavy atom. The van der Waals surface area contributed by atoms with Gasteiger partial charge in [-0.2, -0.15) is 5.26 Å². The van der Waals surface area contributed by atoms with Gasteiger partial charge in [-0.15, -0.1) is 11.3 Å². The molecule has 0 fully saturated rings. The Balaban J connectivity index is 2.22. The summed E-state index contributed by atoms with van der Waals surface area (Å²) in [5.41, 5.74) is 1.86. The molecule has 1 N–H and O–H groups in total. The van der Waals surface area contributed by atoms with Crippen LogP contribution < -0.4 is 5.56 Å². The van der Waals surface area contributed by atoms with Gasteiger partial charge in [0, 0.05) is 18.0 Å². The lowest BCUT2D eigenvalue weighted by Crippen LogP contribution is -2.29. The van der Waals surface area contributed by atoms with Crippen molar-refractivity contribution in [2.75, 3.05) is 0 Å². The molecule has 1 aliphatic carbocycles. The highest BCUT2D eigenvalue weighted by Crippen LogP contribution is 2.40. The molecule has 0 saturated carbocycles. The summed E-state index contributed by atoms with van der Waals surface area (Å²) >= 11 is 6.81. The lowest BCUT2D eigenvalue weighted by Gasteiger charge is -2.15. The third-order valence-electron chi connectivity index (χ3n) is 4.68. The van der Waals surface area contributed by atoms with Gasteiger partial charge in [-0.05, 0) is 57.8 Å². The van der Waals surface area contributed by atoms with Crippen molar-refractivity contribution in [3.8, 4) is 11.9 Å². The molecular formula is C18H20N4O2S2. The normalized spacial score (nSPS) is 13.7. The summed E-state index contributed by atoms with van der Waals surface area (Å²) in [7, 11) is 0. The predicted molar refractivity (Wildman–Crippen MR) is 105 cm³/mol. The van der Waals surface area contributed by atoms with E-state index >= 15 is 0 Å². The van der Waals surface area contributed by atoms with Gasteiger partial charge in [-0.1, -0.05) is 0 Å². The van der Waals surface area contributed by atoms with Crippen molar-refractivity contribution >= 4 is 34.3 Å². The van der Waals surface area contributed by atoms with E-state index in [4.69, 9.17) is 12.2 Å². The Labute approximate surface area is 160 Å². The van der Waals surface area contributed by atoms with E-state index in [0.717, 1.165) is 24.8 Å². The Morgan fingerprint density at radius 3 is 2.65 bits per heavy atom. The van der Waals surface area contributed by atoms with Crippen LogP contribution in [-0.2, 0) is 25.9 Å².